The summed E-state index contributed by atoms with van der Waals surface area (Å²) in [4.78, 5) is 10.8. The Labute approximate surface area is 151 Å². The SMILES string of the molecule is COc1cc(F)cc(-c2cc(OC(=O)O)nn2-c2ccc(F)c(Cl)c2)c1. The number of hydrogen-bond acceptors (Lipinski definition) is 4. The van der Waals surface area contributed by atoms with Crippen LogP contribution in [0.15, 0.2) is 42.5 Å². The number of carboxylic acid groups (broad SMARTS) is 1. The molecule has 0 aliphatic rings. The van der Waals surface area contributed by atoms with Gasteiger partial charge in [0.1, 0.15) is 17.4 Å². The maximum absolute atomic E-state index is 13.9. The van der Waals surface area contributed by atoms with E-state index >= 15 is 0 Å². The Morgan fingerprint density at radius 3 is 2.62 bits per heavy atom. The molecule has 0 saturated heterocycles. The maximum Gasteiger partial charge on any atom is 0.512 e. The van der Waals surface area contributed by atoms with Gasteiger partial charge in [-0.15, -0.1) is 5.10 Å². The molecule has 134 valence electrons. The smallest absolute Gasteiger partial charge is 0.497 e. The third-order valence-corrected chi connectivity index (χ3v) is 3.72. The molecule has 3 rings (SSSR count). The minimum atomic E-state index is -1.56. The van der Waals surface area contributed by atoms with E-state index in [1.54, 1.807) is 0 Å². The van der Waals surface area contributed by atoms with Crippen LogP contribution in [-0.4, -0.2) is 28.2 Å². The first kappa shape index (κ1) is 17.7. The van der Waals surface area contributed by atoms with Crippen LogP contribution in [0.3, 0.4) is 0 Å². The molecule has 2 aromatic carbocycles. The van der Waals surface area contributed by atoms with Crippen molar-refractivity contribution in [3.63, 3.8) is 0 Å². The van der Waals surface area contributed by atoms with Crippen molar-refractivity contribution in [2.45, 2.75) is 0 Å². The molecule has 26 heavy (non-hydrogen) atoms. The minimum Gasteiger partial charge on any atom is -0.497 e. The summed E-state index contributed by atoms with van der Waals surface area (Å²) < 4.78 is 38.2. The van der Waals surface area contributed by atoms with Crippen LogP contribution < -0.4 is 9.47 Å². The molecule has 0 saturated carbocycles. The Morgan fingerprint density at radius 1 is 1.19 bits per heavy atom. The summed E-state index contributed by atoms with van der Waals surface area (Å²) >= 11 is 5.80. The second-order valence-electron chi connectivity index (χ2n) is 5.13. The van der Waals surface area contributed by atoms with Crippen LogP contribution in [0.5, 0.6) is 11.6 Å². The predicted octanol–water partition coefficient (Wildman–Crippen LogP) is 4.54. The molecule has 0 aliphatic carbocycles. The van der Waals surface area contributed by atoms with E-state index in [0.29, 0.717) is 16.9 Å². The summed E-state index contributed by atoms with van der Waals surface area (Å²) in [7, 11) is 1.38. The van der Waals surface area contributed by atoms with Crippen molar-refractivity contribution in [2.24, 2.45) is 0 Å². The van der Waals surface area contributed by atoms with E-state index in [-0.39, 0.29) is 16.7 Å². The number of rotatable bonds is 4. The van der Waals surface area contributed by atoms with Crippen LogP contribution >= 0.6 is 11.6 Å². The summed E-state index contributed by atoms with van der Waals surface area (Å²) in [6.45, 7) is 0. The maximum atomic E-state index is 13.9. The van der Waals surface area contributed by atoms with Crippen LogP contribution in [0.1, 0.15) is 0 Å². The van der Waals surface area contributed by atoms with E-state index in [1.165, 1.54) is 48.2 Å². The number of ether oxygens (including phenoxy) is 2. The average molecular weight is 381 g/mol. The zero-order chi connectivity index (χ0) is 18.8. The molecular weight excluding hydrogens is 370 g/mol. The first-order chi connectivity index (χ1) is 12.4. The number of hydrogen-bond donors (Lipinski definition) is 1. The van der Waals surface area contributed by atoms with Gasteiger partial charge in [-0.2, -0.15) is 0 Å². The van der Waals surface area contributed by atoms with Crippen LogP contribution in [0.25, 0.3) is 16.9 Å². The number of nitrogens with zero attached hydrogens (tertiary/aromatic N) is 2. The normalized spacial score (nSPS) is 10.6. The molecular formula is C17H11ClF2N2O4. The van der Waals surface area contributed by atoms with E-state index in [9.17, 15) is 13.6 Å². The van der Waals surface area contributed by atoms with Crippen molar-refractivity contribution >= 4 is 17.8 Å². The number of aromatic nitrogens is 2. The fraction of sp³-hybridized carbons (Fsp3) is 0.0588. The molecule has 1 aromatic heterocycles. The third kappa shape index (κ3) is 3.60. The third-order valence-electron chi connectivity index (χ3n) is 3.43. The fourth-order valence-electron chi connectivity index (χ4n) is 2.35. The summed E-state index contributed by atoms with van der Waals surface area (Å²) in [5, 5.41) is 12.7. The fourth-order valence-corrected chi connectivity index (χ4v) is 2.52. The van der Waals surface area contributed by atoms with Crippen molar-refractivity contribution in [1.29, 1.82) is 0 Å². The molecule has 0 bridgehead atoms. The predicted molar refractivity (Wildman–Crippen MR) is 89.1 cm³/mol. The Hall–Kier alpha value is -3.13. The number of methoxy groups -OCH3 is 1. The van der Waals surface area contributed by atoms with Crippen molar-refractivity contribution in [3.8, 4) is 28.6 Å². The molecule has 1 heterocycles. The topological polar surface area (TPSA) is 73.6 Å². The molecule has 1 N–H and O–H groups in total. The highest BCUT2D eigenvalue weighted by molar-refractivity contribution is 6.30. The molecule has 0 aliphatic heterocycles. The van der Waals surface area contributed by atoms with E-state index in [4.69, 9.17) is 21.4 Å². The summed E-state index contributed by atoms with van der Waals surface area (Å²) in [6, 6.07) is 9.06. The zero-order valence-electron chi connectivity index (χ0n) is 13.2. The van der Waals surface area contributed by atoms with Gasteiger partial charge in [-0.25, -0.2) is 18.3 Å². The molecule has 0 spiro atoms. The van der Waals surface area contributed by atoms with Gasteiger partial charge in [0.2, 0.25) is 5.88 Å². The summed E-state index contributed by atoms with van der Waals surface area (Å²) in [6.07, 6.45) is -1.56. The van der Waals surface area contributed by atoms with Gasteiger partial charge in [-0.1, -0.05) is 11.6 Å². The lowest BCUT2D eigenvalue weighted by atomic mass is 10.1. The van der Waals surface area contributed by atoms with Gasteiger partial charge < -0.3 is 14.6 Å². The van der Waals surface area contributed by atoms with Gasteiger partial charge in [0.25, 0.3) is 0 Å². The lowest BCUT2D eigenvalue weighted by Gasteiger charge is -2.09. The molecule has 0 fully saturated rings. The summed E-state index contributed by atoms with van der Waals surface area (Å²) in [5.74, 6) is -1.18. The van der Waals surface area contributed by atoms with Crippen molar-refractivity contribution < 1.29 is 28.2 Å². The molecule has 0 unspecified atom stereocenters. The van der Waals surface area contributed by atoms with E-state index < -0.39 is 17.8 Å². The Balaban J connectivity index is 2.19. The Bertz CT molecular complexity index is 991. The highest BCUT2D eigenvalue weighted by Gasteiger charge is 2.17. The van der Waals surface area contributed by atoms with Crippen molar-refractivity contribution in [1.82, 2.24) is 9.78 Å². The second kappa shape index (κ2) is 7.01. The van der Waals surface area contributed by atoms with Gasteiger partial charge >= 0.3 is 6.16 Å². The van der Waals surface area contributed by atoms with E-state index in [1.807, 2.05) is 0 Å². The van der Waals surface area contributed by atoms with Gasteiger partial charge in [0.05, 0.1) is 23.5 Å². The highest BCUT2D eigenvalue weighted by atomic mass is 35.5. The number of benzene rings is 2. The summed E-state index contributed by atoms with van der Waals surface area (Å²) in [5.41, 5.74) is 0.964. The molecule has 0 atom stereocenters. The van der Waals surface area contributed by atoms with Gasteiger partial charge in [-0.3, -0.25) is 0 Å². The van der Waals surface area contributed by atoms with Gasteiger partial charge in [0, 0.05) is 17.7 Å². The second-order valence-corrected chi connectivity index (χ2v) is 5.53. The van der Waals surface area contributed by atoms with E-state index in [2.05, 4.69) is 9.84 Å². The van der Waals surface area contributed by atoms with Crippen molar-refractivity contribution in [2.75, 3.05) is 7.11 Å². The van der Waals surface area contributed by atoms with Crippen LogP contribution in [0, 0.1) is 11.6 Å². The molecule has 6 nitrogen and oxygen atoms in total. The monoisotopic (exact) mass is 380 g/mol. The molecule has 3 aromatic rings. The molecule has 0 amide bonds. The standard InChI is InChI=1S/C17H11ClF2N2O4/c1-25-12-5-9(4-10(19)6-12)15-8-16(26-17(23)24)21-22(15)11-2-3-14(20)13(18)7-11/h2-8H,1H3,(H,23,24). The zero-order valence-corrected chi connectivity index (χ0v) is 14.0. The Morgan fingerprint density at radius 2 is 1.96 bits per heavy atom. The quantitative estimate of drug-likeness (QED) is 0.673. The first-order valence-electron chi connectivity index (χ1n) is 7.18. The highest BCUT2D eigenvalue weighted by Crippen LogP contribution is 2.31. The first-order valence-corrected chi connectivity index (χ1v) is 7.56. The van der Waals surface area contributed by atoms with Crippen LogP contribution in [0.2, 0.25) is 5.02 Å². The molecule has 0 radical (unpaired) electrons. The van der Waals surface area contributed by atoms with Crippen molar-refractivity contribution in [3.05, 3.63) is 59.1 Å². The number of carbonyl (C=O) groups is 1. The lowest BCUT2D eigenvalue weighted by molar-refractivity contribution is 0.142. The van der Waals surface area contributed by atoms with Crippen LogP contribution in [-0.2, 0) is 0 Å². The van der Waals surface area contributed by atoms with Crippen LogP contribution in [0.4, 0.5) is 13.6 Å². The average Bonchev–Trinajstić information content (AvgIpc) is 2.99. The Kier molecular flexibility index (Phi) is 4.77. The molecule has 9 heteroatoms. The minimum absolute atomic E-state index is 0.151. The lowest BCUT2D eigenvalue weighted by Crippen LogP contribution is -2.04. The largest absolute Gasteiger partial charge is 0.512 e. The van der Waals surface area contributed by atoms with Gasteiger partial charge in [-0.05, 0) is 30.3 Å². The van der Waals surface area contributed by atoms with Gasteiger partial charge in [0.15, 0.2) is 0 Å². The van der Waals surface area contributed by atoms with E-state index in [0.717, 1.165) is 6.07 Å². The number of halogens is 3.